The van der Waals surface area contributed by atoms with Gasteiger partial charge in [-0.1, -0.05) is 67.6 Å². The van der Waals surface area contributed by atoms with Crippen molar-refractivity contribution in [1.29, 1.82) is 0 Å². The fraction of sp³-hybridized carbons (Fsp3) is 0.440. The smallest absolute Gasteiger partial charge is 0.175 e. The molecule has 150 valence electrons. The van der Waals surface area contributed by atoms with Crippen LogP contribution < -0.4 is 0 Å². The van der Waals surface area contributed by atoms with Crippen LogP contribution in [0.25, 0.3) is 0 Å². The van der Waals surface area contributed by atoms with Gasteiger partial charge < -0.3 is 9.47 Å². The molecule has 3 aliphatic rings. The van der Waals surface area contributed by atoms with E-state index in [4.69, 9.17) is 9.47 Å². The van der Waals surface area contributed by atoms with Gasteiger partial charge in [0.2, 0.25) is 0 Å². The first-order valence-corrected chi connectivity index (χ1v) is 10.4. The molecule has 0 aliphatic heterocycles. The number of carbonyl (C=O) groups excluding carboxylic acids is 2. The Bertz CT molecular complexity index is 929. The lowest BCUT2D eigenvalue weighted by Crippen LogP contribution is -2.72. The number of hydrogen-bond acceptors (Lipinski definition) is 4. The third kappa shape index (κ3) is 1.92. The Hall–Kier alpha value is -2.30. The predicted octanol–water partition coefficient (Wildman–Crippen LogP) is 3.57. The number of benzene rings is 2. The average Bonchev–Trinajstić information content (AvgIpc) is 3.34. The zero-order chi connectivity index (χ0) is 20.4. The Morgan fingerprint density at radius 2 is 1.52 bits per heavy atom. The summed E-state index contributed by atoms with van der Waals surface area (Å²) in [6.45, 7) is 4.36. The molecule has 0 spiro atoms. The standard InChI is InChI=1S/C25H26O4/c1-4-29-19-15-18-20(26)21-23(2,22(27)25(18,19)28-3)24(21,16-11-7-5-8-12-16)17-13-9-6-10-14-17/h5-14,18-19,21H,4,15H2,1-3H3/t18-,19-,21-,23-,25-/m0/s1. The molecule has 0 amide bonds. The van der Waals surface area contributed by atoms with Crippen LogP contribution in [0.15, 0.2) is 60.7 Å². The van der Waals surface area contributed by atoms with E-state index in [-0.39, 0.29) is 23.6 Å². The number of Topliss-reactive ketones (excluding diaryl/α,β-unsaturated/α-hetero) is 2. The monoisotopic (exact) mass is 390 g/mol. The summed E-state index contributed by atoms with van der Waals surface area (Å²) in [4.78, 5) is 27.9. The van der Waals surface area contributed by atoms with E-state index < -0.39 is 22.3 Å². The van der Waals surface area contributed by atoms with Crippen LogP contribution in [0.5, 0.6) is 0 Å². The molecule has 0 unspecified atom stereocenters. The van der Waals surface area contributed by atoms with Crippen LogP contribution in [-0.2, 0) is 24.5 Å². The molecule has 4 nitrogen and oxygen atoms in total. The van der Waals surface area contributed by atoms with Crippen LogP contribution in [0.4, 0.5) is 0 Å². The van der Waals surface area contributed by atoms with Gasteiger partial charge in [0.15, 0.2) is 11.4 Å². The summed E-state index contributed by atoms with van der Waals surface area (Å²) in [6, 6.07) is 20.0. The molecule has 0 aromatic heterocycles. The van der Waals surface area contributed by atoms with E-state index in [0.29, 0.717) is 13.0 Å². The lowest BCUT2D eigenvalue weighted by atomic mass is 9.55. The summed E-state index contributed by atoms with van der Waals surface area (Å²) in [6.07, 6.45) is 0.194. The molecule has 5 atom stereocenters. The van der Waals surface area contributed by atoms with Crippen molar-refractivity contribution in [2.75, 3.05) is 13.7 Å². The average molecular weight is 390 g/mol. The maximum Gasteiger partial charge on any atom is 0.175 e. The summed E-state index contributed by atoms with van der Waals surface area (Å²) in [7, 11) is 1.54. The number of carbonyl (C=O) groups is 2. The van der Waals surface area contributed by atoms with Crippen molar-refractivity contribution >= 4 is 11.6 Å². The molecule has 0 radical (unpaired) electrons. The molecule has 3 saturated carbocycles. The molecule has 0 N–H and O–H groups in total. The third-order valence-corrected chi connectivity index (χ3v) is 7.81. The topological polar surface area (TPSA) is 52.6 Å². The van der Waals surface area contributed by atoms with Crippen LogP contribution in [0.3, 0.4) is 0 Å². The Morgan fingerprint density at radius 3 is 2.00 bits per heavy atom. The molecular weight excluding hydrogens is 364 g/mol. The van der Waals surface area contributed by atoms with Crippen molar-refractivity contribution < 1.29 is 19.1 Å². The maximum atomic E-state index is 14.1. The van der Waals surface area contributed by atoms with Crippen molar-refractivity contribution in [1.82, 2.24) is 0 Å². The van der Waals surface area contributed by atoms with Gasteiger partial charge in [-0.25, -0.2) is 0 Å². The minimum Gasteiger partial charge on any atom is -0.375 e. The first-order valence-electron chi connectivity index (χ1n) is 10.4. The Labute approximate surface area is 171 Å². The van der Waals surface area contributed by atoms with Crippen molar-refractivity contribution in [3.63, 3.8) is 0 Å². The van der Waals surface area contributed by atoms with E-state index in [9.17, 15) is 9.59 Å². The highest BCUT2D eigenvalue weighted by molar-refractivity contribution is 6.15. The number of ketones is 2. The largest absolute Gasteiger partial charge is 0.375 e. The molecule has 5 rings (SSSR count). The van der Waals surface area contributed by atoms with Gasteiger partial charge in [0.25, 0.3) is 0 Å². The highest BCUT2D eigenvalue weighted by Crippen LogP contribution is 2.79. The zero-order valence-corrected chi connectivity index (χ0v) is 17.1. The molecule has 3 fully saturated rings. The molecule has 3 aliphatic carbocycles. The minimum absolute atomic E-state index is 0.0134. The van der Waals surface area contributed by atoms with Crippen molar-refractivity contribution in [2.24, 2.45) is 17.3 Å². The Kier molecular flexibility index (Phi) is 3.94. The molecule has 0 saturated heterocycles. The fourth-order valence-electron chi connectivity index (χ4n) is 6.56. The van der Waals surface area contributed by atoms with E-state index >= 15 is 0 Å². The number of rotatable bonds is 5. The molecule has 2 aromatic carbocycles. The molecule has 0 heterocycles. The molecule has 2 aromatic rings. The summed E-state index contributed by atoms with van der Waals surface area (Å²) in [5.74, 6) is -0.649. The van der Waals surface area contributed by atoms with Gasteiger partial charge >= 0.3 is 0 Å². The van der Waals surface area contributed by atoms with Crippen LogP contribution >= 0.6 is 0 Å². The van der Waals surface area contributed by atoms with Gasteiger partial charge in [0.1, 0.15) is 5.78 Å². The lowest BCUT2D eigenvalue weighted by molar-refractivity contribution is -0.229. The van der Waals surface area contributed by atoms with E-state index in [1.165, 1.54) is 0 Å². The minimum atomic E-state index is -1.16. The quantitative estimate of drug-likeness (QED) is 0.783. The van der Waals surface area contributed by atoms with Gasteiger partial charge in [0.05, 0.1) is 17.4 Å². The molecular formula is C25H26O4. The first kappa shape index (κ1) is 18.7. The SMILES string of the molecule is CCO[C@H]1C[C@H]2C(=O)[C@@H]3C(c4ccccc4)(c4ccccc4)[C@]3(C)C(=O)[C@@]12OC. The van der Waals surface area contributed by atoms with Crippen molar-refractivity contribution in [3.8, 4) is 0 Å². The highest BCUT2D eigenvalue weighted by Gasteiger charge is 2.89. The second-order valence-corrected chi connectivity index (χ2v) is 8.64. The van der Waals surface area contributed by atoms with Gasteiger partial charge in [-0.2, -0.15) is 0 Å². The Balaban J connectivity index is 1.73. The van der Waals surface area contributed by atoms with Crippen molar-refractivity contribution in [3.05, 3.63) is 71.8 Å². The zero-order valence-electron chi connectivity index (χ0n) is 17.1. The Morgan fingerprint density at radius 1 is 0.966 bits per heavy atom. The lowest BCUT2D eigenvalue weighted by Gasteiger charge is -2.55. The summed E-state index contributed by atoms with van der Waals surface area (Å²) < 4.78 is 11.7. The predicted molar refractivity (Wildman–Crippen MR) is 109 cm³/mol. The fourth-order valence-corrected chi connectivity index (χ4v) is 6.56. The number of ether oxygens (including phenoxy) is 2. The van der Waals surface area contributed by atoms with E-state index in [1.807, 2.05) is 74.5 Å². The summed E-state index contributed by atoms with van der Waals surface area (Å²) in [5.41, 5.74) is -0.649. The third-order valence-electron chi connectivity index (χ3n) is 7.81. The van der Waals surface area contributed by atoms with Crippen LogP contribution in [0.1, 0.15) is 31.4 Å². The van der Waals surface area contributed by atoms with E-state index in [2.05, 4.69) is 0 Å². The van der Waals surface area contributed by atoms with E-state index in [1.54, 1.807) is 7.11 Å². The van der Waals surface area contributed by atoms with Gasteiger partial charge in [0, 0.05) is 25.0 Å². The highest BCUT2D eigenvalue weighted by atomic mass is 16.6. The normalized spacial score (nSPS) is 36.7. The maximum absolute atomic E-state index is 14.1. The van der Waals surface area contributed by atoms with Gasteiger partial charge in [-0.05, 0) is 24.5 Å². The van der Waals surface area contributed by atoms with Gasteiger partial charge in [-0.3, -0.25) is 9.59 Å². The number of hydrogen-bond donors (Lipinski definition) is 0. The summed E-state index contributed by atoms with van der Waals surface area (Å²) >= 11 is 0. The molecule has 0 bridgehead atoms. The number of fused-ring (bicyclic) bond motifs is 2. The summed E-state index contributed by atoms with van der Waals surface area (Å²) in [5, 5.41) is 0. The van der Waals surface area contributed by atoms with Crippen LogP contribution in [-0.4, -0.2) is 37.0 Å². The van der Waals surface area contributed by atoms with Crippen LogP contribution in [0, 0.1) is 17.3 Å². The van der Waals surface area contributed by atoms with E-state index in [0.717, 1.165) is 11.1 Å². The van der Waals surface area contributed by atoms with Crippen LogP contribution in [0.2, 0.25) is 0 Å². The second-order valence-electron chi connectivity index (χ2n) is 8.64. The molecule has 29 heavy (non-hydrogen) atoms. The first-order chi connectivity index (χ1) is 14.0. The second kappa shape index (κ2) is 6.10. The number of methoxy groups -OCH3 is 1. The van der Waals surface area contributed by atoms with Gasteiger partial charge in [-0.15, -0.1) is 0 Å². The van der Waals surface area contributed by atoms with Crippen molar-refractivity contribution in [2.45, 2.75) is 37.4 Å². The molecule has 4 heteroatoms.